The van der Waals surface area contributed by atoms with E-state index in [9.17, 15) is 5.11 Å². The van der Waals surface area contributed by atoms with Gasteiger partial charge in [0.2, 0.25) is 0 Å². The number of hydrogen-bond donors (Lipinski definition) is 1. The highest BCUT2D eigenvalue weighted by Gasteiger charge is 2.02. The summed E-state index contributed by atoms with van der Waals surface area (Å²) in [6, 6.07) is 7.53. The fourth-order valence-corrected chi connectivity index (χ4v) is 1.68. The Labute approximate surface area is 95.3 Å². The molecular weight excluding hydrogens is 200 g/mol. The van der Waals surface area contributed by atoms with Crippen molar-refractivity contribution in [3.63, 3.8) is 0 Å². The van der Waals surface area contributed by atoms with Gasteiger partial charge in [0.15, 0.2) is 0 Å². The topological polar surface area (TPSA) is 38.0 Å². The molecule has 0 amide bonds. The molecule has 0 aliphatic heterocycles. The van der Waals surface area contributed by atoms with Crippen LogP contribution in [0.5, 0.6) is 5.75 Å². The van der Waals surface area contributed by atoms with Crippen LogP contribution < -0.4 is 0 Å². The lowest BCUT2D eigenvalue weighted by Crippen LogP contribution is -1.96. The van der Waals surface area contributed by atoms with Crippen molar-refractivity contribution in [1.82, 2.24) is 9.78 Å². The van der Waals surface area contributed by atoms with Crippen molar-refractivity contribution in [3.8, 4) is 11.4 Å². The van der Waals surface area contributed by atoms with Gasteiger partial charge in [-0.2, -0.15) is 5.10 Å². The van der Waals surface area contributed by atoms with Crippen molar-refractivity contribution in [2.75, 3.05) is 0 Å². The molecule has 0 saturated carbocycles. The van der Waals surface area contributed by atoms with Crippen LogP contribution in [0.2, 0.25) is 0 Å². The highest BCUT2D eigenvalue weighted by Crippen LogP contribution is 2.19. The normalized spacial score (nSPS) is 10.6. The summed E-state index contributed by atoms with van der Waals surface area (Å²) in [6.45, 7) is 4.03. The second kappa shape index (κ2) is 4.39. The second-order valence-electron chi connectivity index (χ2n) is 3.97. The molecule has 0 aliphatic rings. The quantitative estimate of drug-likeness (QED) is 0.856. The molecule has 16 heavy (non-hydrogen) atoms. The van der Waals surface area contributed by atoms with Gasteiger partial charge in [-0.3, -0.25) is 0 Å². The monoisotopic (exact) mass is 216 g/mol. The van der Waals surface area contributed by atoms with Gasteiger partial charge in [0.1, 0.15) is 5.75 Å². The number of rotatable bonds is 3. The van der Waals surface area contributed by atoms with Gasteiger partial charge in [-0.1, -0.05) is 13.3 Å². The molecular formula is C13H16N2O. The van der Waals surface area contributed by atoms with Crippen LogP contribution in [0.15, 0.2) is 30.5 Å². The van der Waals surface area contributed by atoms with Gasteiger partial charge in [0.05, 0.1) is 11.4 Å². The third-order valence-electron chi connectivity index (χ3n) is 2.60. The van der Waals surface area contributed by atoms with Gasteiger partial charge < -0.3 is 5.11 Å². The van der Waals surface area contributed by atoms with E-state index in [0.29, 0.717) is 5.75 Å². The Bertz CT molecular complexity index is 488. The molecule has 3 heteroatoms. The van der Waals surface area contributed by atoms with Crippen molar-refractivity contribution in [2.24, 2.45) is 0 Å². The standard InChI is InChI=1S/C13H16N2O/c1-3-4-11-7-8-15(14-11)12-5-6-13(16)10(2)9-12/h5-9,16H,3-4H2,1-2H3. The molecule has 0 bridgehead atoms. The zero-order valence-electron chi connectivity index (χ0n) is 9.64. The highest BCUT2D eigenvalue weighted by atomic mass is 16.3. The van der Waals surface area contributed by atoms with E-state index in [4.69, 9.17) is 0 Å². The van der Waals surface area contributed by atoms with Crippen LogP contribution >= 0.6 is 0 Å². The highest BCUT2D eigenvalue weighted by molar-refractivity contribution is 5.42. The minimum atomic E-state index is 0.324. The largest absolute Gasteiger partial charge is 0.508 e. The maximum absolute atomic E-state index is 9.45. The Morgan fingerprint density at radius 1 is 1.31 bits per heavy atom. The molecule has 2 rings (SSSR count). The molecule has 1 aromatic heterocycles. The van der Waals surface area contributed by atoms with E-state index in [1.807, 2.05) is 36.0 Å². The van der Waals surface area contributed by atoms with Gasteiger partial charge >= 0.3 is 0 Å². The van der Waals surface area contributed by atoms with Gasteiger partial charge in [0, 0.05) is 6.20 Å². The molecule has 0 spiro atoms. The molecule has 3 nitrogen and oxygen atoms in total. The minimum Gasteiger partial charge on any atom is -0.508 e. The van der Waals surface area contributed by atoms with Crippen LogP contribution in [0.3, 0.4) is 0 Å². The molecule has 1 aromatic carbocycles. The number of aromatic nitrogens is 2. The smallest absolute Gasteiger partial charge is 0.118 e. The maximum Gasteiger partial charge on any atom is 0.118 e. The SMILES string of the molecule is CCCc1ccn(-c2ccc(O)c(C)c2)n1. The molecule has 0 fully saturated rings. The molecule has 84 valence electrons. The van der Waals surface area contributed by atoms with E-state index in [-0.39, 0.29) is 0 Å². The number of phenolic OH excluding ortho intramolecular Hbond substituents is 1. The second-order valence-corrected chi connectivity index (χ2v) is 3.97. The van der Waals surface area contributed by atoms with E-state index in [2.05, 4.69) is 12.0 Å². The number of aryl methyl sites for hydroxylation is 2. The number of aromatic hydroxyl groups is 1. The summed E-state index contributed by atoms with van der Waals surface area (Å²) >= 11 is 0. The molecule has 1 N–H and O–H groups in total. The first-order chi connectivity index (χ1) is 7.70. The molecule has 0 aliphatic carbocycles. The average molecular weight is 216 g/mol. The fourth-order valence-electron chi connectivity index (χ4n) is 1.68. The Hall–Kier alpha value is -1.77. The van der Waals surface area contributed by atoms with Crippen LogP contribution in [0, 0.1) is 6.92 Å². The summed E-state index contributed by atoms with van der Waals surface area (Å²) in [4.78, 5) is 0. The molecule has 0 radical (unpaired) electrons. The number of benzene rings is 1. The third-order valence-corrected chi connectivity index (χ3v) is 2.60. The third kappa shape index (κ3) is 2.08. The zero-order valence-corrected chi connectivity index (χ0v) is 9.64. The van der Waals surface area contributed by atoms with Gasteiger partial charge in [-0.15, -0.1) is 0 Å². The van der Waals surface area contributed by atoms with Crippen molar-refractivity contribution < 1.29 is 5.11 Å². The summed E-state index contributed by atoms with van der Waals surface area (Å²) in [7, 11) is 0. The van der Waals surface area contributed by atoms with Crippen LogP contribution in [0.4, 0.5) is 0 Å². The van der Waals surface area contributed by atoms with Crippen LogP contribution in [-0.4, -0.2) is 14.9 Å². The Morgan fingerprint density at radius 2 is 2.12 bits per heavy atom. The Morgan fingerprint density at radius 3 is 2.81 bits per heavy atom. The van der Waals surface area contributed by atoms with E-state index < -0.39 is 0 Å². The number of nitrogens with zero attached hydrogens (tertiary/aromatic N) is 2. The summed E-state index contributed by atoms with van der Waals surface area (Å²) in [5.74, 6) is 0.324. The van der Waals surface area contributed by atoms with E-state index in [1.165, 1.54) is 0 Å². The fraction of sp³-hybridized carbons (Fsp3) is 0.308. The van der Waals surface area contributed by atoms with Gasteiger partial charge in [0.25, 0.3) is 0 Å². The van der Waals surface area contributed by atoms with Crippen molar-refractivity contribution in [2.45, 2.75) is 26.7 Å². The molecule has 0 unspecified atom stereocenters. The summed E-state index contributed by atoms with van der Waals surface area (Å²) in [5.41, 5.74) is 2.95. The van der Waals surface area contributed by atoms with E-state index in [0.717, 1.165) is 29.8 Å². The van der Waals surface area contributed by atoms with Gasteiger partial charge in [-0.05, 0) is 43.2 Å². The lowest BCUT2D eigenvalue weighted by molar-refractivity contribution is 0.471. The van der Waals surface area contributed by atoms with E-state index in [1.54, 1.807) is 6.07 Å². The first-order valence-electron chi connectivity index (χ1n) is 5.55. The van der Waals surface area contributed by atoms with E-state index >= 15 is 0 Å². The Balaban J connectivity index is 2.31. The lowest BCUT2D eigenvalue weighted by atomic mass is 10.2. The predicted molar refractivity (Wildman–Crippen MR) is 64.0 cm³/mol. The Kier molecular flexibility index (Phi) is 2.95. The maximum atomic E-state index is 9.45. The number of phenols is 1. The van der Waals surface area contributed by atoms with Crippen LogP contribution in [0.25, 0.3) is 5.69 Å². The van der Waals surface area contributed by atoms with Crippen LogP contribution in [0.1, 0.15) is 24.6 Å². The first-order valence-corrected chi connectivity index (χ1v) is 5.55. The average Bonchev–Trinajstić information content (AvgIpc) is 2.71. The van der Waals surface area contributed by atoms with Crippen molar-refractivity contribution in [3.05, 3.63) is 41.7 Å². The van der Waals surface area contributed by atoms with Crippen molar-refractivity contribution >= 4 is 0 Å². The summed E-state index contributed by atoms with van der Waals surface area (Å²) < 4.78 is 1.84. The first kappa shape index (κ1) is 10.7. The lowest BCUT2D eigenvalue weighted by Gasteiger charge is -2.04. The van der Waals surface area contributed by atoms with Crippen LogP contribution in [-0.2, 0) is 6.42 Å². The molecule has 0 atom stereocenters. The molecule has 1 heterocycles. The minimum absolute atomic E-state index is 0.324. The van der Waals surface area contributed by atoms with Crippen molar-refractivity contribution in [1.29, 1.82) is 0 Å². The molecule has 2 aromatic rings. The number of hydrogen-bond acceptors (Lipinski definition) is 2. The van der Waals surface area contributed by atoms with Gasteiger partial charge in [-0.25, -0.2) is 4.68 Å². The predicted octanol–water partition coefficient (Wildman–Crippen LogP) is 2.84. The molecule has 0 saturated heterocycles. The summed E-state index contributed by atoms with van der Waals surface area (Å²) in [6.07, 6.45) is 4.06. The zero-order chi connectivity index (χ0) is 11.5. The summed E-state index contributed by atoms with van der Waals surface area (Å²) in [5, 5.41) is 13.9.